The van der Waals surface area contributed by atoms with Crippen LogP contribution in [0.4, 0.5) is 18.9 Å². The van der Waals surface area contributed by atoms with Crippen LogP contribution in [-0.4, -0.2) is 15.9 Å². The summed E-state index contributed by atoms with van der Waals surface area (Å²) >= 11 is 5.82. The summed E-state index contributed by atoms with van der Waals surface area (Å²) in [7, 11) is 0. The molecule has 0 bridgehead atoms. The van der Waals surface area contributed by atoms with Gasteiger partial charge in [-0.25, -0.2) is 4.98 Å². The first kappa shape index (κ1) is 19.7. The molecular weight excluding hydrogens is 399 g/mol. The number of oxazole rings is 1. The van der Waals surface area contributed by atoms with Crippen LogP contribution in [0.3, 0.4) is 0 Å². The number of benzene rings is 1. The molecule has 2 aromatic heterocycles. The molecule has 0 aliphatic heterocycles. The highest BCUT2D eigenvalue weighted by molar-refractivity contribution is 6.30. The Hall–Kier alpha value is -3.07. The van der Waals surface area contributed by atoms with Crippen molar-refractivity contribution in [2.45, 2.75) is 19.0 Å². The van der Waals surface area contributed by atoms with E-state index in [2.05, 4.69) is 10.3 Å². The van der Waals surface area contributed by atoms with Crippen molar-refractivity contribution in [3.63, 3.8) is 0 Å². The zero-order chi connectivity index (χ0) is 20.3. The molecule has 0 atom stereocenters. The number of hydrogen-bond acceptors (Lipinski definition) is 4. The van der Waals surface area contributed by atoms with Crippen LogP contribution in [0, 0.1) is 0 Å². The molecular formula is C18H13ClF3N3O3. The van der Waals surface area contributed by atoms with E-state index in [0.717, 1.165) is 5.56 Å². The van der Waals surface area contributed by atoms with Crippen LogP contribution in [0.25, 0.3) is 11.3 Å². The van der Waals surface area contributed by atoms with Crippen molar-refractivity contribution in [1.29, 1.82) is 0 Å². The molecule has 0 unspecified atom stereocenters. The van der Waals surface area contributed by atoms with Crippen molar-refractivity contribution < 1.29 is 22.4 Å². The van der Waals surface area contributed by atoms with Gasteiger partial charge in [0.1, 0.15) is 5.69 Å². The standard InChI is InChI=1S/C18H13ClF3N3O3/c19-12-3-1-10(2-4-12)14-9-23-16(28-14)6-5-15(26)25-13-7-11(18(20,21)22)8-24-17(13)27/h1-4,7-9H,5-6H2,(H,24,27)(H,25,26). The number of carbonyl (C=O) groups excluding carboxylic acids is 1. The number of nitrogens with one attached hydrogen (secondary N) is 2. The minimum Gasteiger partial charge on any atom is -0.441 e. The summed E-state index contributed by atoms with van der Waals surface area (Å²) in [6.45, 7) is 0. The number of carbonyl (C=O) groups is 1. The van der Waals surface area contributed by atoms with Crippen molar-refractivity contribution >= 4 is 23.2 Å². The topological polar surface area (TPSA) is 88.0 Å². The lowest BCUT2D eigenvalue weighted by molar-refractivity contribution is -0.137. The van der Waals surface area contributed by atoms with E-state index in [4.69, 9.17) is 16.0 Å². The summed E-state index contributed by atoms with van der Waals surface area (Å²) < 4.78 is 43.7. The van der Waals surface area contributed by atoms with Gasteiger partial charge in [0.05, 0.1) is 11.8 Å². The molecule has 2 N–H and O–H groups in total. The third-order valence-electron chi connectivity index (χ3n) is 3.75. The Morgan fingerprint density at radius 2 is 1.96 bits per heavy atom. The summed E-state index contributed by atoms with van der Waals surface area (Å²) in [5.41, 5.74) is -1.62. The number of pyridine rings is 1. The number of aromatic amines is 1. The summed E-state index contributed by atoms with van der Waals surface area (Å²) in [4.78, 5) is 29.6. The largest absolute Gasteiger partial charge is 0.441 e. The number of alkyl halides is 3. The van der Waals surface area contributed by atoms with Gasteiger partial charge >= 0.3 is 6.18 Å². The number of hydrogen-bond donors (Lipinski definition) is 2. The first-order chi connectivity index (χ1) is 13.2. The highest BCUT2D eigenvalue weighted by atomic mass is 35.5. The fourth-order valence-corrected chi connectivity index (χ4v) is 2.47. The zero-order valence-corrected chi connectivity index (χ0v) is 14.9. The molecule has 3 aromatic rings. The third-order valence-corrected chi connectivity index (χ3v) is 4.00. The first-order valence-corrected chi connectivity index (χ1v) is 8.40. The second-order valence-electron chi connectivity index (χ2n) is 5.80. The van der Waals surface area contributed by atoms with E-state index in [0.29, 0.717) is 23.0 Å². The van der Waals surface area contributed by atoms with Crippen molar-refractivity contribution in [2.24, 2.45) is 0 Å². The highest BCUT2D eigenvalue weighted by Crippen LogP contribution is 2.29. The second-order valence-corrected chi connectivity index (χ2v) is 6.24. The maximum atomic E-state index is 12.7. The minimum absolute atomic E-state index is 0.107. The average molecular weight is 412 g/mol. The summed E-state index contributed by atoms with van der Waals surface area (Å²) in [5.74, 6) is 0.121. The molecule has 0 radical (unpaired) electrons. The minimum atomic E-state index is -4.64. The van der Waals surface area contributed by atoms with Crippen LogP contribution in [0.2, 0.25) is 5.02 Å². The van der Waals surface area contributed by atoms with E-state index in [1.54, 1.807) is 24.3 Å². The molecule has 0 saturated heterocycles. The summed E-state index contributed by atoms with van der Waals surface area (Å²) in [6, 6.07) is 7.47. The van der Waals surface area contributed by atoms with Gasteiger partial charge in [-0.05, 0) is 30.3 Å². The van der Waals surface area contributed by atoms with Gasteiger partial charge in [0, 0.05) is 29.6 Å². The Balaban J connectivity index is 1.62. The van der Waals surface area contributed by atoms with Crippen molar-refractivity contribution in [3.05, 3.63) is 69.6 Å². The second kappa shape index (κ2) is 7.89. The quantitative estimate of drug-likeness (QED) is 0.656. The lowest BCUT2D eigenvalue weighted by Crippen LogP contribution is -2.21. The average Bonchev–Trinajstić information content (AvgIpc) is 3.10. The Labute approximate surface area is 161 Å². The number of halogens is 4. The molecule has 0 saturated carbocycles. The lowest BCUT2D eigenvalue weighted by Gasteiger charge is -2.08. The summed E-state index contributed by atoms with van der Waals surface area (Å²) in [6.07, 6.45) is -2.62. The Kier molecular flexibility index (Phi) is 5.55. The Bertz CT molecular complexity index is 1040. The van der Waals surface area contributed by atoms with Crippen LogP contribution in [0.1, 0.15) is 17.9 Å². The molecule has 3 rings (SSSR count). The van der Waals surface area contributed by atoms with E-state index >= 15 is 0 Å². The van der Waals surface area contributed by atoms with Crippen molar-refractivity contribution in [1.82, 2.24) is 9.97 Å². The Morgan fingerprint density at radius 1 is 1.25 bits per heavy atom. The zero-order valence-electron chi connectivity index (χ0n) is 14.1. The van der Waals surface area contributed by atoms with Crippen LogP contribution in [0.15, 0.2) is 51.9 Å². The maximum absolute atomic E-state index is 12.7. The SMILES string of the molecule is O=C(CCc1ncc(-c2ccc(Cl)cc2)o1)Nc1cc(C(F)(F)F)c[nH]c1=O. The van der Waals surface area contributed by atoms with Crippen LogP contribution >= 0.6 is 11.6 Å². The van der Waals surface area contributed by atoms with E-state index in [1.165, 1.54) is 6.20 Å². The molecule has 146 valence electrons. The maximum Gasteiger partial charge on any atom is 0.417 e. The highest BCUT2D eigenvalue weighted by Gasteiger charge is 2.31. The molecule has 6 nitrogen and oxygen atoms in total. The van der Waals surface area contributed by atoms with E-state index in [9.17, 15) is 22.8 Å². The molecule has 0 aliphatic carbocycles. The molecule has 1 aromatic carbocycles. The number of aryl methyl sites for hydroxylation is 1. The fraction of sp³-hybridized carbons (Fsp3) is 0.167. The summed E-state index contributed by atoms with van der Waals surface area (Å²) in [5, 5.41) is 2.74. The third kappa shape index (κ3) is 4.80. The Morgan fingerprint density at radius 3 is 2.64 bits per heavy atom. The molecule has 0 fully saturated rings. The number of aromatic nitrogens is 2. The van der Waals surface area contributed by atoms with Crippen LogP contribution in [-0.2, 0) is 17.4 Å². The van der Waals surface area contributed by atoms with Crippen molar-refractivity contribution in [3.8, 4) is 11.3 Å². The number of H-pyrrole nitrogens is 1. The number of amides is 1. The lowest BCUT2D eigenvalue weighted by atomic mass is 10.2. The van der Waals surface area contributed by atoms with Crippen LogP contribution in [0.5, 0.6) is 0 Å². The van der Waals surface area contributed by atoms with E-state index in [-0.39, 0.29) is 18.7 Å². The predicted molar refractivity (Wildman–Crippen MR) is 96.0 cm³/mol. The van der Waals surface area contributed by atoms with E-state index in [1.807, 2.05) is 4.98 Å². The smallest absolute Gasteiger partial charge is 0.417 e. The molecule has 0 aliphatic rings. The van der Waals surface area contributed by atoms with Gasteiger partial charge in [0.25, 0.3) is 5.56 Å². The molecule has 2 heterocycles. The van der Waals surface area contributed by atoms with Gasteiger partial charge in [0.2, 0.25) is 5.91 Å². The van der Waals surface area contributed by atoms with Gasteiger partial charge in [-0.2, -0.15) is 13.2 Å². The van der Waals surface area contributed by atoms with E-state index < -0.39 is 28.9 Å². The van der Waals surface area contributed by atoms with Gasteiger partial charge in [0.15, 0.2) is 11.7 Å². The number of rotatable bonds is 5. The van der Waals surface area contributed by atoms with Gasteiger partial charge < -0.3 is 14.7 Å². The molecule has 0 spiro atoms. The molecule has 28 heavy (non-hydrogen) atoms. The molecule has 10 heteroatoms. The molecule has 1 amide bonds. The normalized spacial score (nSPS) is 11.4. The number of nitrogens with zero attached hydrogens (tertiary/aromatic N) is 1. The van der Waals surface area contributed by atoms with Gasteiger partial charge in [-0.3, -0.25) is 9.59 Å². The van der Waals surface area contributed by atoms with Gasteiger partial charge in [-0.1, -0.05) is 11.6 Å². The first-order valence-electron chi connectivity index (χ1n) is 8.03. The number of anilines is 1. The fourth-order valence-electron chi connectivity index (χ4n) is 2.35. The van der Waals surface area contributed by atoms with Crippen molar-refractivity contribution in [2.75, 3.05) is 5.32 Å². The predicted octanol–water partition coefficient (Wildman–Crippen LogP) is 4.27. The van der Waals surface area contributed by atoms with Gasteiger partial charge in [-0.15, -0.1) is 0 Å². The van der Waals surface area contributed by atoms with Crippen LogP contribution < -0.4 is 10.9 Å². The monoisotopic (exact) mass is 411 g/mol.